The fraction of sp³-hybridized carbons (Fsp3) is 0.650. The second kappa shape index (κ2) is 9.35. The molecule has 6 nitrogen and oxygen atoms in total. The zero-order chi connectivity index (χ0) is 18.4. The van der Waals surface area contributed by atoms with E-state index < -0.39 is 0 Å². The number of amides is 1. The molecule has 1 aromatic carbocycles. The lowest BCUT2D eigenvalue weighted by Crippen LogP contribution is -2.44. The van der Waals surface area contributed by atoms with Gasteiger partial charge in [-0.25, -0.2) is 0 Å². The fourth-order valence-corrected chi connectivity index (χ4v) is 4.02. The van der Waals surface area contributed by atoms with E-state index >= 15 is 0 Å². The zero-order valence-electron chi connectivity index (χ0n) is 16.0. The zero-order valence-corrected chi connectivity index (χ0v) is 16.0. The van der Waals surface area contributed by atoms with E-state index in [0.717, 1.165) is 43.4 Å². The van der Waals surface area contributed by atoms with Gasteiger partial charge in [0.2, 0.25) is 5.91 Å². The first kappa shape index (κ1) is 19.1. The molecule has 3 N–H and O–H groups in total. The Kier molecular flexibility index (Phi) is 6.88. The first-order chi connectivity index (χ1) is 12.7. The Labute approximate surface area is 156 Å². The number of methoxy groups -OCH3 is 1. The molecule has 26 heavy (non-hydrogen) atoms. The summed E-state index contributed by atoms with van der Waals surface area (Å²) in [6.07, 6.45) is 3.01. The van der Waals surface area contributed by atoms with Gasteiger partial charge in [0, 0.05) is 32.1 Å². The molecule has 2 saturated heterocycles. The molecule has 0 bridgehead atoms. The monoisotopic (exact) mass is 360 g/mol. The quantitative estimate of drug-likeness (QED) is 0.688. The van der Waals surface area contributed by atoms with Crippen molar-refractivity contribution in [3.8, 4) is 5.75 Å². The highest BCUT2D eigenvalue weighted by Gasteiger charge is 2.32. The molecule has 144 valence electrons. The van der Waals surface area contributed by atoms with Gasteiger partial charge in [-0.05, 0) is 55.5 Å². The minimum absolute atomic E-state index is 0.123. The molecule has 1 amide bonds. The minimum atomic E-state index is 0.123. The Morgan fingerprint density at radius 3 is 2.62 bits per heavy atom. The average molecular weight is 361 g/mol. The molecule has 0 saturated carbocycles. The van der Waals surface area contributed by atoms with Crippen molar-refractivity contribution in [2.45, 2.75) is 38.8 Å². The molecule has 2 fully saturated rings. The molecular weight excluding hydrogens is 328 g/mol. The Morgan fingerprint density at radius 1 is 1.27 bits per heavy atom. The van der Waals surface area contributed by atoms with E-state index in [9.17, 15) is 4.79 Å². The smallest absolute Gasteiger partial charge is 0.221 e. The lowest BCUT2D eigenvalue weighted by atomic mass is 9.84. The minimum Gasteiger partial charge on any atom is -0.497 e. The van der Waals surface area contributed by atoms with E-state index in [1.807, 2.05) is 24.3 Å². The number of hydrogen-bond acceptors (Lipinski definition) is 5. The number of piperidine rings is 1. The number of ether oxygens (including phenoxy) is 1. The third-order valence-corrected chi connectivity index (χ3v) is 5.75. The van der Waals surface area contributed by atoms with Gasteiger partial charge < -0.3 is 15.0 Å². The summed E-state index contributed by atoms with van der Waals surface area (Å²) >= 11 is 0. The van der Waals surface area contributed by atoms with Crippen molar-refractivity contribution in [3.05, 3.63) is 29.8 Å². The van der Waals surface area contributed by atoms with Crippen LogP contribution in [0.25, 0.3) is 0 Å². The van der Waals surface area contributed by atoms with E-state index in [1.165, 1.54) is 12.8 Å². The lowest BCUT2D eigenvalue weighted by molar-refractivity contribution is -0.121. The van der Waals surface area contributed by atoms with E-state index in [-0.39, 0.29) is 5.91 Å². The molecular formula is C20H32N4O2. The highest BCUT2D eigenvalue weighted by Crippen LogP contribution is 2.26. The standard InChI is InChI=1S/C20H32N4O2/c1-15-13-22-23-20(15)17-7-10-24(11-8-17)12-9-19(25)21-14-16-3-5-18(26-2)6-4-16/h3-6,15,17,20,22-23H,7-14H2,1-2H3,(H,21,25). The fourth-order valence-electron chi connectivity index (χ4n) is 4.02. The summed E-state index contributed by atoms with van der Waals surface area (Å²) in [7, 11) is 1.65. The van der Waals surface area contributed by atoms with Crippen LogP contribution in [0.1, 0.15) is 31.7 Å². The molecule has 6 heteroatoms. The third-order valence-electron chi connectivity index (χ3n) is 5.75. The Hall–Kier alpha value is -1.63. The number of benzene rings is 1. The highest BCUT2D eigenvalue weighted by atomic mass is 16.5. The summed E-state index contributed by atoms with van der Waals surface area (Å²) in [6.45, 7) is 7.01. The number of likely N-dealkylation sites (tertiary alicyclic amines) is 1. The van der Waals surface area contributed by atoms with Crippen LogP contribution < -0.4 is 20.9 Å². The van der Waals surface area contributed by atoms with Crippen LogP contribution in [0, 0.1) is 11.8 Å². The van der Waals surface area contributed by atoms with Crippen LogP contribution in [-0.4, -0.2) is 50.1 Å². The maximum absolute atomic E-state index is 12.1. The first-order valence-corrected chi connectivity index (χ1v) is 9.76. The van der Waals surface area contributed by atoms with Gasteiger partial charge in [0.1, 0.15) is 5.75 Å². The van der Waals surface area contributed by atoms with E-state index in [2.05, 4.69) is 28.0 Å². The summed E-state index contributed by atoms with van der Waals surface area (Å²) in [5.74, 6) is 2.41. The summed E-state index contributed by atoms with van der Waals surface area (Å²) in [6, 6.07) is 8.40. The van der Waals surface area contributed by atoms with Crippen molar-refractivity contribution in [1.82, 2.24) is 21.1 Å². The van der Waals surface area contributed by atoms with Crippen LogP contribution in [-0.2, 0) is 11.3 Å². The SMILES string of the molecule is COc1ccc(CNC(=O)CCN2CCC(C3NNCC3C)CC2)cc1. The van der Waals surface area contributed by atoms with Crippen molar-refractivity contribution >= 4 is 5.91 Å². The second-order valence-electron chi connectivity index (χ2n) is 7.58. The highest BCUT2D eigenvalue weighted by molar-refractivity contribution is 5.76. The van der Waals surface area contributed by atoms with Gasteiger partial charge >= 0.3 is 0 Å². The molecule has 0 spiro atoms. The van der Waals surface area contributed by atoms with Gasteiger partial charge in [0.15, 0.2) is 0 Å². The van der Waals surface area contributed by atoms with E-state index in [0.29, 0.717) is 24.9 Å². The first-order valence-electron chi connectivity index (χ1n) is 9.76. The van der Waals surface area contributed by atoms with Gasteiger partial charge in [-0.3, -0.25) is 15.6 Å². The second-order valence-corrected chi connectivity index (χ2v) is 7.58. The Balaban J connectivity index is 1.32. The number of nitrogens with zero attached hydrogens (tertiary/aromatic N) is 1. The molecule has 2 unspecified atom stereocenters. The number of hydrazine groups is 1. The maximum atomic E-state index is 12.1. The van der Waals surface area contributed by atoms with E-state index in [4.69, 9.17) is 4.74 Å². The number of carbonyl (C=O) groups is 1. The maximum Gasteiger partial charge on any atom is 0.221 e. The van der Waals surface area contributed by atoms with Crippen LogP contribution >= 0.6 is 0 Å². The predicted octanol–water partition coefficient (Wildman–Crippen LogP) is 1.53. The van der Waals surface area contributed by atoms with Crippen molar-refractivity contribution in [1.29, 1.82) is 0 Å². The van der Waals surface area contributed by atoms with Crippen LogP contribution in [0.15, 0.2) is 24.3 Å². The number of rotatable bonds is 7. The topological polar surface area (TPSA) is 65.6 Å². The number of nitrogens with one attached hydrogen (secondary N) is 3. The lowest BCUT2D eigenvalue weighted by Gasteiger charge is -2.35. The normalized spacial score (nSPS) is 24.5. The molecule has 0 aromatic heterocycles. The van der Waals surface area contributed by atoms with Crippen LogP contribution in [0.3, 0.4) is 0 Å². The Morgan fingerprint density at radius 2 is 2.00 bits per heavy atom. The third kappa shape index (κ3) is 5.19. The summed E-state index contributed by atoms with van der Waals surface area (Å²) in [5, 5.41) is 3.01. The molecule has 3 rings (SSSR count). The van der Waals surface area contributed by atoms with Crippen LogP contribution in [0.5, 0.6) is 5.75 Å². The largest absolute Gasteiger partial charge is 0.497 e. The summed E-state index contributed by atoms with van der Waals surface area (Å²) < 4.78 is 5.15. The van der Waals surface area contributed by atoms with E-state index in [1.54, 1.807) is 7.11 Å². The van der Waals surface area contributed by atoms with Gasteiger partial charge in [0.25, 0.3) is 0 Å². The van der Waals surface area contributed by atoms with Crippen LogP contribution in [0.2, 0.25) is 0 Å². The summed E-state index contributed by atoms with van der Waals surface area (Å²) in [4.78, 5) is 14.5. The molecule has 0 aliphatic carbocycles. The van der Waals surface area contributed by atoms with Crippen molar-refractivity contribution in [2.75, 3.05) is 33.3 Å². The molecule has 2 aliphatic rings. The number of hydrogen-bond donors (Lipinski definition) is 3. The van der Waals surface area contributed by atoms with Crippen molar-refractivity contribution in [2.24, 2.45) is 11.8 Å². The average Bonchev–Trinajstić information content (AvgIpc) is 3.11. The Bertz CT molecular complexity index is 570. The van der Waals surface area contributed by atoms with Gasteiger partial charge in [0.05, 0.1) is 7.11 Å². The molecule has 0 radical (unpaired) electrons. The van der Waals surface area contributed by atoms with Gasteiger partial charge in [-0.2, -0.15) is 0 Å². The molecule has 2 aliphatic heterocycles. The molecule has 2 atom stereocenters. The van der Waals surface area contributed by atoms with Crippen molar-refractivity contribution < 1.29 is 9.53 Å². The van der Waals surface area contributed by atoms with Gasteiger partial charge in [-0.15, -0.1) is 0 Å². The molecule has 2 heterocycles. The molecule has 1 aromatic rings. The predicted molar refractivity (Wildman–Crippen MR) is 103 cm³/mol. The number of carbonyl (C=O) groups excluding carboxylic acids is 1. The van der Waals surface area contributed by atoms with Crippen LogP contribution in [0.4, 0.5) is 0 Å². The van der Waals surface area contributed by atoms with Gasteiger partial charge in [-0.1, -0.05) is 19.1 Å². The van der Waals surface area contributed by atoms with Crippen molar-refractivity contribution in [3.63, 3.8) is 0 Å². The summed E-state index contributed by atoms with van der Waals surface area (Å²) in [5.41, 5.74) is 7.81.